The number of pyridine rings is 1. The van der Waals surface area contributed by atoms with Gasteiger partial charge in [-0.25, -0.2) is 9.97 Å². The smallest absolute Gasteiger partial charge is 0.227 e. The van der Waals surface area contributed by atoms with Gasteiger partial charge < -0.3 is 13.3 Å². The van der Waals surface area contributed by atoms with E-state index in [1.807, 2.05) is 72.8 Å². The maximum absolute atomic E-state index is 6.40. The number of oxazole rings is 1. The maximum atomic E-state index is 6.40. The largest absolute Gasteiger partial charge is 0.454 e. The molecule has 9 aromatic rings. The lowest BCUT2D eigenvalue weighted by Gasteiger charge is -2.06. The van der Waals surface area contributed by atoms with E-state index in [-0.39, 0.29) is 0 Å². The summed E-state index contributed by atoms with van der Waals surface area (Å²) in [5, 5.41) is 2.97. The van der Waals surface area contributed by atoms with Gasteiger partial charge in [0.1, 0.15) is 27.9 Å². The van der Waals surface area contributed by atoms with Crippen molar-refractivity contribution in [3.8, 4) is 33.8 Å². The van der Waals surface area contributed by atoms with E-state index < -0.39 is 0 Å². The van der Waals surface area contributed by atoms with Crippen LogP contribution in [0.25, 0.3) is 88.9 Å². The Morgan fingerprint density at radius 3 is 1.71 bits per heavy atom. The molecule has 4 aromatic heterocycles. The molecule has 0 saturated carbocycles. The Balaban J connectivity index is 1.15. The van der Waals surface area contributed by atoms with Crippen LogP contribution in [0.1, 0.15) is 0 Å². The number of fused-ring (bicyclic) bond motifs is 8. The Morgan fingerprint density at radius 1 is 0.415 bits per heavy atom. The summed E-state index contributed by atoms with van der Waals surface area (Å²) in [6.45, 7) is 0. The third-order valence-electron chi connectivity index (χ3n) is 7.75. The second kappa shape index (κ2) is 8.41. The number of hydrogen-bond donors (Lipinski definition) is 0. The minimum absolute atomic E-state index is 0.621. The molecular formula is C36H20N2O3. The van der Waals surface area contributed by atoms with E-state index >= 15 is 0 Å². The van der Waals surface area contributed by atoms with Crippen LogP contribution in [0.5, 0.6) is 0 Å². The van der Waals surface area contributed by atoms with Gasteiger partial charge in [-0.2, -0.15) is 0 Å². The summed E-state index contributed by atoms with van der Waals surface area (Å²) in [5.74, 6) is 0.621. The number of benzene rings is 5. The molecule has 4 heterocycles. The first-order valence-electron chi connectivity index (χ1n) is 13.5. The number of furan rings is 2. The van der Waals surface area contributed by atoms with Crippen LogP contribution in [-0.4, -0.2) is 9.97 Å². The predicted octanol–water partition coefficient (Wildman–Crippen LogP) is 10.0. The topological polar surface area (TPSA) is 65.2 Å². The Morgan fingerprint density at radius 2 is 0.976 bits per heavy atom. The fourth-order valence-corrected chi connectivity index (χ4v) is 5.73. The van der Waals surface area contributed by atoms with E-state index in [0.717, 1.165) is 83.1 Å². The van der Waals surface area contributed by atoms with Crippen LogP contribution in [0, 0.1) is 0 Å². The van der Waals surface area contributed by atoms with Crippen molar-refractivity contribution in [1.29, 1.82) is 0 Å². The van der Waals surface area contributed by atoms with Crippen LogP contribution in [0.3, 0.4) is 0 Å². The Bertz CT molecular complexity index is 2380. The monoisotopic (exact) mass is 528 g/mol. The molecule has 0 saturated heterocycles. The standard InChI is InChI=1S/C36H20N2O3/c1-4-10-28-25(7-1)31-34(39-28)32(38-33-26-8-2-5-11-29(26)40-35(31)33)23-17-13-21(14-18-23)22-15-19-24(20-16-22)36-37-27-9-3-6-12-30(27)41-36/h1-20H. The third kappa shape index (κ3) is 3.36. The molecule has 0 atom stereocenters. The molecule has 0 unspecified atom stereocenters. The highest BCUT2D eigenvalue weighted by Crippen LogP contribution is 2.42. The minimum atomic E-state index is 0.621. The molecule has 0 aliphatic rings. The molecule has 0 aliphatic carbocycles. The SMILES string of the molecule is c1ccc2oc(-c3ccc(-c4ccc(-c5nc6c7ccccc7oc6c6c5oc5ccccc56)cc4)cc3)nc2c1. The Hall–Kier alpha value is -5.68. The number of para-hydroxylation sites is 4. The molecule has 192 valence electrons. The fraction of sp³-hybridized carbons (Fsp3) is 0. The molecule has 41 heavy (non-hydrogen) atoms. The summed E-state index contributed by atoms with van der Waals surface area (Å²) in [7, 11) is 0. The number of aromatic nitrogens is 2. The zero-order chi connectivity index (χ0) is 26.9. The summed E-state index contributed by atoms with van der Waals surface area (Å²) in [4.78, 5) is 9.74. The fourth-order valence-electron chi connectivity index (χ4n) is 5.73. The predicted molar refractivity (Wildman–Crippen MR) is 163 cm³/mol. The Labute approximate surface area is 233 Å². The second-order valence-corrected chi connectivity index (χ2v) is 10.2. The summed E-state index contributed by atoms with van der Waals surface area (Å²) in [6.07, 6.45) is 0. The summed E-state index contributed by atoms with van der Waals surface area (Å²) in [5.41, 5.74) is 10.5. The normalized spacial score (nSPS) is 11.9. The summed E-state index contributed by atoms with van der Waals surface area (Å²) in [6, 6.07) is 40.6. The quantitative estimate of drug-likeness (QED) is 0.228. The van der Waals surface area contributed by atoms with Gasteiger partial charge in [0.15, 0.2) is 16.7 Å². The van der Waals surface area contributed by atoms with Crippen LogP contribution in [-0.2, 0) is 0 Å². The lowest BCUT2D eigenvalue weighted by Crippen LogP contribution is -1.87. The molecule has 0 amide bonds. The minimum Gasteiger partial charge on any atom is -0.454 e. The van der Waals surface area contributed by atoms with Gasteiger partial charge >= 0.3 is 0 Å². The zero-order valence-corrected chi connectivity index (χ0v) is 21.7. The Kier molecular flexibility index (Phi) is 4.55. The van der Waals surface area contributed by atoms with Crippen molar-refractivity contribution < 1.29 is 13.3 Å². The van der Waals surface area contributed by atoms with Crippen molar-refractivity contribution in [1.82, 2.24) is 9.97 Å². The first-order valence-corrected chi connectivity index (χ1v) is 13.5. The highest BCUT2D eigenvalue weighted by Gasteiger charge is 2.21. The van der Waals surface area contributed by atoms with Gasteiger partial charge in [0.2, 0.25) is 5.89 Å². The van der Waals surface area contributed by atoms with E-state index in [9.17, 15) is 0 Å². The molecule has 0 radical (unpaired) electrons. The van der Waals surface area contributed by atoms with Gasteiger partial charge in [0.25, 0.3) is 0 Å². The number of nitrogens with zero attached hydrogens (tertiary/aromatic N) is 2. The van der Waals surface area contributed by atoms with Crippen molar-refractivity contribution in [3.05, 3.63) is 121 Å². The van der Waals surface area contributed by atoms with Crippen molar-refractivity contribution in [2.75, 3.05) is 0 Å². The average Bonchev–Trinajstić information content (AvgIpc) is 3.74. The second-order valence-electron chi connectivity index (χ2n) is 10.2. The van der Waals surface area contributed by atoms with E-state index in [1.165, 1.54) is 0 Å². The summed E-state index contributed by atoms with van der Waals surface area (Å²) < 4.78 is 18.7. The van der Waals surface area contributed by atoms with Gasteiger partial charge in [-0.3, -0.25) is 0 Å². The number of rotatable bonds is 3. The van der Waals surface area contributed by atoms with E-state index in [1.54, 1.807) is 0 Å². The van der Waals surface area contributed by atoms with E-state index in [2.05, 4.69) is 53.5 Å². The molecular weight excluding hydrogens is 508 g/mol. The first-order chi connectivity index (χ1) is 20.3. The van der Waals surface area contributed by atoms with Crippen molar-refractivity contribution >= 4 is 55.1 Å². The van der Waals surface area contributed by atoms with Gasteiger partial charge in [-0.15, -0.1) is 0 Å². The lowest BCUT2D eigenvalue weighted by atomic mass is 10.0. The van der Waals surface area contributed by atoms with Gasteiger partial charge in [0, 0.05) is 21.9 Å². The van der Waals surface area contributed by atoms with Crippen LogP contribution in [0.15, 0.2) is 135 Å². The third-order valence-corrected chi connectivity index (χ3v) is 7.75. The zero-order valence-electron chi connectivity index (χ0n) is 21.7. The molecule has 5 nitrogen and oxygen atoms in total. The maximum Gasteiger partial charge on any atom is 0.227 e. The van der Waals surface area contributed by atoms with Crippen LogP contribution >= 0.6 is 0 Å². The van der Waals surface area contributed by atoms with E-state index in [4.69, 9.17) is 18.2 Å². The molecule has 5 heteroatoms. The van der Waals surface area contributed by atoms with Crippen molar-refractivity contribution in [2.24, 2.45) is 0 Å². The van der Waals surface area contributed by atoms with Crippen LogP contribution < -0.4 is 0 Å². The highest BCUT2D eigenvalue weighted by atomic mass is 16.4. The molecule has 0 fully saturated rings. The van der Waals surface area contributed by atoms with Crippen LogP contribution in [0.2, 0.25) is 0 Å². The highest BCUT2D eigenvalue weighted by molar-refractivity contribution is 6.23. The molecule has 0 spiro atoms. The number of hydrogen-bond acceptors (Lipinski definition) is 5. The molecule has 9 rings (SSSR count). The molecule has 0 aliphatic heterocycles. The van der Waals surface area contributed by atoms with Gasteiger partial charge in [-0.05, 0) is 53.6 Å². The summed E-state index contributed by atoms with van der Waals surface area (Å²) >= 11 is 0. The lowest BCUT2D eigenvalue weighted by molar-refractivity contribution is 0.620. The van der Waals surface area contributed by atoms with E-state index in [0.29, 0.717) is 5.89 Å². The molecule has 5 aromatic carbocycles. The van der Waals surface area contributed by atoms with Crippen molar-refractivity contribution in [2.45, 2.75) is 0 Å². The van der Waals surface area contributed by atoms with Crippen LogP contribution in [0.4, 0.5) is 0 Å². The average molecular weight is 529 g/mol. The van der Waals surface area contributed by atoms with Gasteiger partial charge in [0.05, 0.1) is 5.39 Å². The first kappa shape index (κ1) is 22.2. The van der Waals surface area contributed by atoms with Gasteiger partial charge in [-0.1, -0.05) is 78.9 Å². The van der Waals surface area contributed by atoms with Crippen molar-refractivity contribution in [3.63, 3.8) is 0 Å². The molecule has 0 N–H and O–H groups in total. The molecule has 0 bridgehead atoms.